The topological polar surface area (TPSA) is 106 Å². The highest BCUT2D eigenvalue weighted by molar-refractivity contribution is 14.2. The van der Waals surface area contributed by atoms with Crippen LogP contribution in [0.25, 0.3) is 11.7 Å². The number of nitrogens with zero attached hydrogens (tertiary/aromatic N) is 4. The summed E-state index contributed by atoms with van der Waals surface area (Å²) >= 11 is 2.09. The number of nitrogens with two attached hydrogens (primary N) is 1. The normalized spacial score (nSPS) is 11.9. The average Bonchev–Trinajstić information content (AvgIpc) is 3.26. The molecule has 4 rings (SSSR count). The van der Waals surface area contributed by atoms with Gasteiger partial charge in [-0.05, 0) is 57.0 Å². The van der Waals surface area contributed by atoms with Crippen molar-refractivity contribution in [1.82, 2.24) is 19.9 Å². The SMILES string of the molecule is C[C@H](NC(=O)c1c(N)nn2cccnc12)/C(=C/c1cccc(C#CSI)c1C=O)N(C)c1ccccc1. The van der Waals surface area contributed by atoms with Crippen molar-refractivity contribution in [3.8, 4) is 11.2 Å². The molecule has 0 fully saturated rings. The lowest BCUT2D eigenvalue weighted by Gasteiger charge is -2.28. The van der Waals surface area contributed by atoms with E-state index in [4.69, 9.17) is 5.73 Å². The van der Waals surface area contributed by atoms with Crippen LogP contribution >= 0.6 is 30.1 Å². The predicted octanol–water partition coefficient (Wildman–Crippen LogP) is 4.81. The first-order chi connectivity index (χ1) is 17.9. The van der Waals surface area contributed by atoms with Crippen LogP contribution in [0.5, 0.6) is 0 Å². The lowest BCUT2D eigenvalue weighted by Crippen LogP contribution is -2.39. The van der Waals surface area contributed by atoms with Crippen molar-refractivity contribution >= 4 is 65.6 Å². The molecule has 8 nitrogen and oxygen atoms in total. The molecular formula is C27H23IN6O2S. The summed E-state index contributed by atoms with van der Waals surface area (Å²) in [5.74, 6) is 2.71. The largest absolute Gasteiger partial charge is 0.381 e. The molecule has 1 atom stereocenters. The number of benzene rings is 2. The van der Waals surface area contributed by atoms with E-state index in [0.717, 1.165) is 17.7 Å². The van der Waals surface area contributed by atoms with Gasteiger partial charge in [-0.3, -0.25) is 9.59 Å². The molecule has 2 aromatic carbocycles. The Morgan fingerprint density at radius 3 is 2.73 bits per heavy atom. The Kier molecular flexibility index (Phi) is 8.47. The van der Waals surface area contributed by atoms with Crippen LogP contribution in [-0.4, -0.2) is 39.9 Å². The smallest absolute Gasteiger partial charge is 0.259 e. The van der Waals surface area contributed by atoms with Gasteiger partial charge in [-0.25, -0.2) is 9.50 Å². The maximum absolute atomic E-state index is 13.4. The van der Waals surface area contributed by atoms with Crippen LogP contribution in [0.3, 0.4) is 0 Å². The van der Waals surface area contributed by atoms with Gasteiger partial charge in [0.2, 0.25) is 0 Å². The summed E-state index contributed by atoms with van der Waals surface area (Å²) in [4.78, 5) is 31.7. The fourth-order valence-corrected chi connectivity index (χ4v) is 4.44. The first-order valence-corrected chi connectivity index (χ1v) is 14.6. The number of carbonyl (C=O) groups is 2. The minimum Gasteiger partial charge on any atom is -0.381 e. The van der Waals surface area contributed by atoms with E-state index >= 15 is 0 Å². The van der Waals surface area contributed by atoms with Crippen molar-refractivity contribution in [3.05, 3.63) is 94.9 Å². The highest BCUT2D eigenvalue weighted by Crippen LogP contribution is 2.25. The van der Waals surface area contributed by atoms with Crippen LogP contribution in [0.2, 0.25) is 0 Å². The molecule has 0 spiro atoms. The van der Waals surface area contributed by atoms with E-state index in [2.05, 4.69) is 47.8 Å². The van der Waals surface area contributed by atoms with Crippen LogP contribution < -0.4 is 16.0 Å². The minimum absolute atomic E-state index is 0.0907. The number of para-hydroxylation sites is 1. The Bertz CT molecular complexity index is 1540. The number of hydrogen-bond donors (Lipinski definition) is 2. The molecule has 0 radical (unpaired) electrons. The number of halogens is 1. The van der Waals surface area contributed by atoms with Crippen LogP contribution in [0.4, 0.5) is 11.5 Å². The van der Waals surface area contributed by atoms with Crippen LogP contribution in [0.1, 0.15) is 38.8 Å². The summed E-state index contributed by atoms with van der Waals surface area (Å²) in [5.41, 5.74) is 10.1. The molecule has 0 bridgehead atoms. The van der Waals surface area contributed by atoms with Crippen LogP contribution in [0, 0.1) is 11.2 Å². The zero-order valence-corrected chi connectivity index (χ0v) is 23.0. The molecule has 0 aliphatic carbocycles. The predicted molar refractivity (Wildman–Crippen MR) is 157 cm³/mol. The first kappa shape index (κ1) is 26.2. The number of carbonyl (C=O) groups excluding carboxylic acids is 2. The maximum Gasteiger partial charge on any atom is 0.259 e. The van der Waals surface area contributed by atoms with Gasteiger partial charge in [0.1, 0.15) is 5.56 Å². The molecule has 0 aliphatic heterocycles. The fraction of sp³-hybridized carbons (Fsp3) is 0.111. The van der Waals surface area contributed by atoms with Crippen molar-refractivity contribution in [3.63, 3.8) is 0 Å². The Morgan fingerprint density at radius 2 is 2.00 bits per heavy atom. The number of nitrogens with one attached hydrogen (secondary N) is 1. The van der Waals surface area contributed by atoms with Gasteiger partial charge in [0.15, 0.2) is 17.8 Å². The summed E-state index contributed by atoms with van der Waals surface area (Å²) in [6, 6.07) is 16.5. The van der Waals surface area contributed by atoms with Crippen LogP contribution in [-0.2, 0) is 0 Å². The Balaban J connectivity index is 1.77. The van der Waals surface area contributed by atoms with Gasteiger partial charge in [0.05, 0.1) is 6.04 Å². The van der Waals surface area contributed by atoms with Gasteiger partial charge < -0.3 is 16.0 Å². The molecule has 2 aromatic heterocycles. The lowest BCUT2D eigenvalue weighted by atomic mass is 10.00. The number of aromatic nitrogens is 3. The Morgan fingerprint density at radius 1 is 1.22 bits per heavy atom. The van der Waals surface area contributed by atoms with Gasteiger partial charge >= 0.3 is 0 Å². The molecule has 37 heavy (non-hydrogen) atoms. The number of anilines is 2. The number of aldehydes is 1. The summed E-state index contributed by atoms with van der Waals surface area (Å²) in [6.07, 6.45) is 5.96. The van der Waals surface area contributed by atoms with E-state index in [1.54, 1.807) is 18.5 Å². The zero-order chi connectivity index (χ0) is 26.4. The third-order valence-corrected chi connectivity index (χ3v) is 6.60. The van der Waals surface area contributed by atoms with E-state index in [1.807, 2.05) is 73.5 Å². The number of hydrogen-bond acceptors (Lipinski definition) is 7. The molecule has 0 unspecified atom stereocenters. The number of likely N-dealkylation sites (N-methyl/N-ethyl adjacent to an activating group) is 1. The average molecular weight is 622 g/mol. The summed E-state index contributed by atoms with van der Waals surface area (Å²) < 4.78 is 1.47. The summed E-state index contributed by atoms with van der Waals surface area (Å²) in [5, 5.41) is 10.1. The lowest BCUT2D eigenvalue weighted by molar-refractivity contribution is 0.0947. The number of rotatable bonds is 7. The second kappa shape index (κ2) is 11.9. The van der Waals surface area contributed by atoms with E-state index in [1.165, 1.54) is 13.4 Å². The van der Waals surface area contributed by atoms with Gasteiger partial charge in [-0.15, -0.1) is 5.10 Å². The van der Waals surface area contributed by atoms with Gasteiger partial charge in [-0.1, -0.05) is 36.3 Å². The second-order valence-corrected chi connectivity index (χ2v) is 9.72. The monoisotopic (exact) mass is 622 g/mol. The quantitative estimate of drug-likeness (QED) is 0.173. The second-order valence-electron chi connectivity index (χ2n) is 8.04. The van der Waals surface area contributed by atoms with E-state index in [0.29, 0.717) is 22.3 Å². The van der Waals surface area contributed by atoms with E-state index in [9.17, 15) is 9.59 Å². The molecule has 186 valence electrons. The number of fused-ring (bicyclic) bond motifs is 1. The van der Waals surface area contributed by atoms with Gasteiger partial charge in [0, 0.05) is 63.2 Å². The molecular weight excluding hydrogens is 599 g/mol. The maximum atomic E-state index is 13.4. The molecule has 0 aliphatic rings. The Hall–Kier alpha value is -3.82. The summed E-state index contributed by atoms with van der Waals surface area (Å²) in [6.45, 7) is 1.87. The molecule has 10 heteroatoms. The van der Waals surface area contributed by atoms with Gasteiger partial charge in [0.25, 0.3) is 5.91 Å². The number of nitrogen functional groups attached to an aromatic ring is 1. The van der Waals surface area contributed by atoms with Crippen molar-refractivity contribution in [1.29, 1.82) is 0 Å². The van der Waals surface area contributed by atoms with Gasteiger partial charge in [-0.2, -0.15) is 0 Å². The van der Waals surface area contributed by atoms with Crippen molar-refractivity contribution in [2.24, 2.45) is 0 Å². The molecule has 2 heterocycles. The van der Waals surface area contributed by atoms with Crippen molar-refractivity contribution in [2.45, 2.75) is 13.0 Å². The molecule has 4 aromatic rings. The first-order valence-electron chi connectivity index (χ1n) is 11.2. The Labute approximate surface area is 230 Å². The molecule has 3 N–H and O–H groups in total. The minimum atomic E-state index is -0.477. The molecule has 0 saturated heterocycles. The number of amides is 1. The highest BCUT2D eigenvalue weighted by atomic mass is 127. The molecule has 0 saturated carbocycles. The van der Waals surface area contributed by atoms with Crippen molar-refractivity contribution < 1.29 is 9.59 Å². The highest BCUT2D eigenvalue weighted by Gasteiger charge is 2.23. The van der Waals surface area contributed by atoms with E-state index < -0.39 is 11.9 Å². The molecule has 1 amide bonds. The zero-order valence-electron chi connectivity index (χ0n) is 20.1. The standard InChI is InChI=1S/C27H23IN6O2S/c1-18(31-27(36)24-25(29)32-34-14-7-13-30-26(24)34)23(33(2)21-10-4-3-5-11-21)16-20-9-6-8-19(12-15-37-28)22(20)17-35/h3-11,13-14,16-18H,1-2H3,(H2,29,32)(H,31,36)/b23-16-/t18-/m0/s1. The summed E-state index contributed by atoms with van der Waals surface area (Å²) in [7, 11) is 3.26. The fourth-order valence-electron chi connectivity index (χ4n) is 3.96. The third kappa shape index (κ3) is 5.79. The van der Waals surface area contributed by atoms with E-state index in [-0.39, 0.29) is 11.4 Å². The van der Waals surface area contributed by atoms with Crippen LogP contribution in [0.15, 0.2) is 72.7 Å². The van der Waals surface area contributed by atoms with Crippen molar-refractivity contribution in [2.75, 3.05) is 17.7 Å². The third-order valence-electron chi connectivity index (χ3n) is 5.76.